The lowest BCUT2D eigenvalue weighted by molar-refractivity contribution is 0.0693. The zero-order chi connectivity index (χ0) is 13.8. The third kappa shape index (κ3) is 2.87. The predicted molar refractivity (Wildman–Crippen MR) is 64.6 cm³/mol. The number of carboxylic acids is 1. The second-order valence-electron chi connectivity index (χ2n) is 3.68. The maximum atomic E-state index is 13.0. The van der Waals surface area contributed by atoms with Crippen LogP contribution in [0.5, 0.6) is 11.5 Å². The SMILES string of the molecule is N#Cc1ccc(Oc2ccc(F)cc2C(=O)O)cc1. The summed E-state index contributed by atoms with van der Waals surface area (Å²) in [6.07, 6.45) is 0. The summed E-state index contributed by atoms with van der Waals surface area (Å²) in [5, 5.41) is 17.6. The molecule has 0 bridgehead atoms. The van der Waals surface area contributed by atoms with Crippen LogP contribution in [0.2, 0.25) is 0 Å². The Balaban J connectivity index is 2.32. The number of hydrogen-bond acceptors (Lipinski definition) is 3. The van der Waals surface area contributed by atoms with Crippen LogP contribution in [-0.2, 0) is 0 Å². The highest BCUT2D eigenvalue weighted by Crippen LogP contribution is 2.26. The monoisotopic (exact) mass is 257 g/mol. The first-order chi connectivity index (χ1) is 9.10. The lowest BCUT2D eigenvalue weighted by Gasteiger charge is -2.08. The summed E-state index contributed by atoms with van der Waals surface area (Å²) in [5.74, 6) is -1.51. The lowest BCUT2D eigenvalue weighted by atomic mass is 10.2. The Kier molecular flexibility index (Phi) is 3.44. The van der Waals surface area contributed by atoms with Gasteiger partial charge >= 0.3 is 5.97 Å². The van der Waals surface area contributed by atoms with Gasteiger partial charge in [-0.15, -0.1) is 0 Å². The average Bonchev–Trinajstić information content (AvgIpc) is 2.41. The van der Waals surface area contributed by atoms with Gasteiger partial charge in [0.05, 0.1) is 11.6 Å². The Hall–Kier alpha value is -2.87. The maximum Gasteiger partial charge on any atom is 0.339 e. The molecule has 0 aliphatic carbocycles. The molecular weight excluding hydrogens is 249 g/mol. The molecule has 0 heterocycles. The third-order valence-corrected chi connectivity index (χ3v) is 2.38. The molecule has 19 heavy (non-hydrogen) atoms. The fourth-order valence-electron chi connectivity index (χ4n) is 1.48. The van der Waals surface area contributed by atoms with Gasteiger partial charge in [-0.1, -0.05) is 0 Å². The molecule has 0 unspecified atom stereocenters. The molecule has 0 saturated heterocycles. The minimum absolute atomic E-state index is 0.0404. The molecule has 0 aliphatic rings. The van der Waals surface area contributed by atoms with Gasteiger partial charge < -0.3 is 9.84 Å². The quantitative estimate of drug-likeness (QED) is 0.916. The van der Waals surface area contributed by atoms with E-state index >= 15 is 0 Å². The molecule has 0 aromatic heterocycles. The molecular formula is C14H8FNO3. The molecule has 0 radical (unpaired) electrons. The summed E-state index contributed by atoms with van der Waals surface area (Å²) in [5.41, 5.74) is 0.203. The van der Waals surface area contributed by atoms with Gasteiger partial charge in [0.2, 0.25) is 0 Å². The third-order valence-electron chi connectivity index (χ3n) is 2.38. The molecule has 2 aromatic carbocycles. The summed E-state index contributed by atoms with van der Waals surface area (Å²) < 4.78 is 18.4. The van der Waals surface area contributed by atoms with Crippen LogP contribution in [-0.4, -0.2) is 11.1 Å². The fraction of sp³-hybridized carbons (Fsp3) is 0. The number of rotatable bonds is 3. The van der Waals surface area contributed by atoms with Crippen molar-refractivity contribution in [3.05, 3.63) is 59.4 Å². The van der Waals surface area contributed by atoms with Crippen molar-refractivity contribution in [1.82, 2.24) is 0 Å². The Labute approximate surface area is 108 Å². The Morgan fingerprint density at radius 2 is 1.89 bits per heavy atom. The standard InChI is InChI=1S/C14H8FNO3/c15-10-3-6-13(12(7-10)14(17)18)19-11-4-1-9(8-16)2-5-11/h1-7H,(H,17,18). The highest BCUT2D eigenvalue weighted by molar-refractivity contribution is 5.91. The Morgan fingerprint density at radius 3 is 2.47 bits per heavy atom. The van der Waals surface area contributed by atoms with Crippen LogP contribution in [0.3, 0.4) is 0 Å². The van der Waals surface area contributed by atoms with E-state index in [9.17, 15) is 9.18 Å². The summed E-state index contributed by atoms with van der Waals surface area (Å²) in [6.45, 7) is 0. The number of nitriles is 1. The van der Waals surface area contributed by atoms with E-state index in [0.717, 1.165) is 12.1 Å². The number of hydrogen-bond donors (Lipinski definition) is 1. The van der Waals surface area contributed by atoms with E-state index in [1.807, 2.05) is 6.07 Å². The second kappa shape index (κ2) is 5.19. The predicted octanol–water partition coefficient (Wildman–Crippen LogP) is 3.19. The first-order valence-corrected chi connectivity index (χ1v) is 5.31. The zero-order valence-electron chi connectivity index (χ0n) is 9.63. The molecule has 4 nitrogen and oxygen atoms in total. The lowest BCUT2D eigenvalue weighted by Crippen LogP contribution is -2.00. The molecule has 94 valence electrons. The summed E-state index contributed by atoms with van der Waals surface area (Å²) in [6, 6.07) is 11.4. The van der Waals surface area contributed by atoms with Crippen LogP contribution in [0.4, 0.5) is 4.39 Å². The number of halogens is 1. The van der Waals surface area contributed by atoms with E-state index in [4.69, 9.17) is 15.1 Å². The van der Waals surface area contributed by atoms with Gasteiger partial charge in [-0.05, 0) is 42.5 Å². The average molecular weight is 257 g/mol. The maximum absolute atomic E-state index is 13.0. The van der Waals surface area contributed by atoms with Gasteiger partial charge in [-0.25, -0.2) is 9.18 Å². The molecule has 0 aliphatic heterocycles. The van der Waals surface area contributed by atoms with Crippen LogP contribution < -0.4 is 4.74 Å². The molecule has 0 saturated carbocycles. The first kappa shape index (κ1) is 12.6. The summed E-state index contributed by atoms with van der Waals surface area (Å²) in [7, 11) is 0. The van der Waals surface area contributed by atoms with E-state index < -0.39 is 11.8 Å². The largest absolute Gasteiger partial charge is 0.478 e. The number of carboxylic acid groups (broad SMARTS) is 1. The Morgan fingerprint density at radius 1 is 1.21 bits per heavy atom. The van der Waals surface area contributed by atoms with Crippen LogP contribution >= 0.6 is 0 Å². The van der Waals surface area contributed by atoms with E-state index in [0.29, 0.717) is 11.3 Å². The molecule has 1 N–H and O–H groups in total. The van der Waals surface area contributed by atoms with Gasteiger partial charge in [0.1, 0.15) is 22.9 Å². The smallest absolute Gasteiger partial charge is 0.339 e. The number of ether oxygens (including phenoxy) is 1. The van der Waals surface area contributed by atoms with Crippen molar-refractivity contribution in [2.75, 3.05) is 0 Å². The second-order valence-corrected chi connectivity index (χ2v) is 3.68. The number of aromatic carboxylic acids is 1. The van der Waals surface area contributed by atoms with Gasteiger partial charge in [-0.3, -0.25) is 0 Å². The fourth-order valence-corrected chi connectivity index (χ4v) is 1.48. The van der Waals surface area contributed by atoms with Gasteiger partial charge in [-0.2, -0.15) is 5.26 Å². The topological polar surface area (TPSA) is 70.3 Å². The molecule has 5 heteroatoms. The summed E-state index contributed by atoms with van der Waals surface area (Å²) >= 11 is 0. The Bertz CT molecular complexity index is 659. The van der Waals surface area contributed by atoms with Crippen molar-refractivity contribution in [2.45, 2.75) is 0 Å². The van der Waals surface area contributed by atoms with Gasteiger partial charge in [0, 0.05) is 0 Å². The van der Waals surface area contributed by atoms with Crippen molar-refractivity contribution in [3.8, 4) is 17.6 Å². The molecule has 2 rings (SSSR count). The van der Waals surface area contributed by atoms with Crippen molar-refractivity contribution in [3.63, 3.8) is 0 Å². The first-order valence-electron chi connectivity index (χ1n) is 5.31. The summed E-state index contributed by atoms with van der Waals surface area (Å²) in [4.78, 5) is 11.0. The van der Waals surface area contributed by atoms with E-state index in [-0.39, 0.29) is 11.3 Å². The van der Waals surface area contributed by atoms with Crippen molar-refractivity contribution in [1.29, 1.82) is 5.26 Å². The van der Waals surface area contributed by atoms with Gasteiger partial charge in [0.15, 0.2) is 0 Å². The number of carbonyl (C=O) groups is 1. The van der Waals surface area contributed by atoms with Gasteiger partial charge in [0.25, 0.3) is 0 Å². The molecule has 0 fully saturated rings. The van der Waals surface area contributed by atoms with Crippen molar-refractivity contribution in [2.24, 2.45) is 0 Å². The molecule has 0 amide bonds. The zero-order valence-corrected chi connectivity index (χ0v) is 9.63. The minimum Gasteiger partial charge on any atom is -0.478 e. The van der Waals surface area contributed by atoms with Crippen molar-refractivity contribution >= 4 is 5.97 Å². The normalized spacial score (nSPS) is 9.68. The highest BCUT2D eigenvalue weighted by Gasteiger charge is 2.13. The number of benzene rings is 2. The molecule has 2 aromatic rings. The highest BCUT2D eigenvalue weighted by atomic mass is 19.1. The van der Waals surface area contributed by atoms with Crippen LogP contribution in [0.15, 0.2) is 42.5 Å². The molecule has 0 atom stereocenters. The van der Waals surface area contributed by atoms with Crippen molar-refractivity contribution < 1.29 is 19.0 Å². The van der Waals surface area contributed by atoms with E-state index in [1.54, 1.807) is 12.1 Å². The van der Waals surface area contributed by atoms with E-state index in [1.165, 1.54) is 18.2 Å². The minimum atomic E-state index is -1.27. The van der Waals surface area contributed by atoms with E-state index in [2.05, 4.69) is 0 Å². The number of nitrogens with zero attached hydrogens (tertiary/aromatic N) is 1. The molecule has 0 spiro atoms. The van der Waals surface area contributed by atoms with Crippen LogP contribution in [0.1, 0.15) is 15.9 Å². The van der Waals surface area contributed by atoms with Crippen LogP contribution in [0, 0.1) is 17.1 Å². The van der Waals surface area contributed by atoms with Crippen LogP contribution in [0.25, 0.3) is 0 Å².